The Bertz CT molecular complexity index is 727. The molecule has 0 bridgehead atoms. The first-order valence-electron chi connectivity index (χ1n) is 5.14. The largest absolute Gasteiger partial charge is 0.506 e. The maximum atomic E-state index is 12.2. The molecular weight excluding hydrogens is 218 g/mol. The highest BCUT2D eigenvalue weighted by Crippen LogP contribution is 2.26. The number of hydrogen-bond acceptors (Lipinski definition) is 3. The van der Waals surface area contributed by atoms with Crippen molar-refractivity contribution in [3.63, 3.8) is 0 Å². The molecule has 0 aliphatic rings. The van der Waals surface area contributed by atoms with Crippen molar-refractivity contribution in [3.8, 4) is 11.5 Å². The molecule has 0 aliphatic carbocycles. The molecule has 2 aromatic carbocycles. The van der Waals surface area contributed by atoms with E-state index in [1.54, 1.807) is 24.3 Å². The Morgan fingerprint density at radius 1 is 0.824 bits per heavy atom. The van der Waals surface area contributed by atoms with Gasteiger partial charge in [0.25, 0.3) is 0 Å². The second kappa shape index (κ2) is 3.25. The molecule has 0 radical (unpaired) electrons. The molecule has 0 spiro atoms. The third-order valence-electron chi connectivity index (χ3n) is 2.82. The number of aromatic hydroxyl groups is 2. The van der Waals surface area contributed by atoms with E-state index in [9.17, 15) is 15.0 Å². The van der Waals surface area contributed by atoms with Crippen LogP contribution in [0.15, 0.2) is 41.2 Å². The molecule has 0 fully saturated rings. The first kappa shape index (κ1) is 9.72. The van der Waals surface area contributed by atoms with Crippen molar-refractivity contribution in [3.05, 3.63) is 46.6 Å². The zero-order chi connectivity index (χ0) is 12.0. The molecule has 0 aliphatic heterocycles. The van der Waals surface area contributed by atoms with Crippen molar-refractivity contribution >= 4 is 21.8 Å². The summed E-state index contributed by atoms with van der Waals surface area (Å²) in [7, 11) is 0. The standard InChI is InChI=1S/C13H9NO3/c15-9-5-1-3-7-11(9)14-12-8(13(7)17)4-2-6-10(12)16/h1-6,15-16H,(H,14,17). The van der Waals surface area contributed by atoms with Crippen LogP contribution in [-0.2, 0) is 0 Å². The van der Waals surface area contributed by atoms with Crippen molar-refractivity contribution in [2.75, 3.05) is 0 Å². The summed E-state index contributed by atoms with van der Waals surface area (Å²) in [5.74, 6) is -0.0190. The lowest BCUT2D eigenvalue weighted by Gasteiger charge is -2.05. The van der Waals surface area contributed by atoms with Crippen LogP contribution < -0.4 is 5.43 Å². The fourth-order valence-electron chi connectivity index (χ4n) is 1.99. The van der Waals surface area contributed by atoms with E-state index in [1.165, 1.54) is 12.1 Å². The maximum absolute atomic E-state index is 12.2. The van der Waals surface area contributed by atoms with E-state index in [0.717, 1.165) is 0 Å². The first-order chi connectivity index (χ1) is 8.18. The SMILES string of the molecule is O=c1c2cccc(O)c2[nH]c2c(O)cccc12. The van der Waals surface area contributed by atoms with E-state index in [1.807, 2.05) is 0 Å². The van der Waals surface area contributed by atoms with Gasteiger partial charge in [0.05, 0.1) is 11.0 Å². The average Bonchev–Trinajstić information content (AvgIpc) is 2.32. The van der Waals surface area contributed by atoms with Crippen LogP contribution in [-0.4, -0.2) is 15.2 Å². The van der Waals surface area contributed by atoms with E-state index in [4.69, 9.17) is 0 Å². The van der Waals surface area contributed by atoms with Gasteiger partial charge >= 0.3 is 0 Å². The third kappa shape index (κ3) is 1.27. The molecular formula is C13H9NO3. The maximum Gasteiger partial charge on any atom is 0.197 e. The van der Waals surface area contributed by atoms with Gasteiger partial charge in [-0.15, -0.1) is 0 Å². The minimum absolute atomic E-state index is 0.00949. The second-order valence-corrected chi connectivity index (χ2v) is 3.85. The van der Waals surface area contributed by atoms with Gasteiger partial charge in [0.1, 0.15) is 11.5 Å². The Balaban J connectivity index is 2.68. The van der Waals surface area contributed by atoms with Crippen molar-refractivity contribution in [2.45, 2.75) is 0 Å². The van der Waals surface area contributed by atoms with Gasteiger partial charge in [-0.3, -0.25) is 4.79 Å². The number of phenols is 2. The fraction of sp³-hybridized carbons (Fsp3) is 0. The molecule has 0 amide bonds. The number of phenolic OH excluding ortho intramolecular Hbond substituents is 2. The molecule has 0 atom stereocenters. The summed E-state index contributed by atoms with van der Waals surface area (Å²) in [6.07, 6.45) is 0. The van der Waals surface area contributed by atoms with Crippen LogP contribution in [0.4, 0.5) is 0 Å². The molecule has 0 unspecified atom stereocenters. The Labute approximate surface area is 95.8 Å². The van der Waals surface area contributed by atoms with Crippen LogP contribution in [0.3, 0.4) is 0 Å². The molecule has 0 saturated heterocycles. The van der Waals surface area contributed by atoms with E-state index >= 15 is 0 Å². The zero-order valence-electron chi connectivity index (χ0n) is 8.77. The lowest BCUT2D eigenvalue weighted by molar-refractivity contribution is 0.478. The summed E-state index contributed by atoms with van der Waals surface area (Å²) in [5.41, 5.74) is 0.471. The van der Waals surface area contributed by atoms with E-state index in [-0.39, 0.29) is 16.9 Å². The number of para-hydroxylation sites is 2. The Kier molecular flexibility index (Phi) is 1.86. The predicted molar refractivity (Wildman–Crippen MR) is 65.4 cm³/mol. The summed E-state index contributed by atoms with van der Waals surface area (Å²) >= 11 is 0. The summed E-state index contributed by atoms with van der Waals surface area (Å²) < 4.78 is 0. The molecule has 0 saturated carbocycles. The number of H-pyrrole nitrogens is 1. The molecule has 3 aromatic rings. The van der Waals surface area contributed by atoms with Gasteiger partial charge in [0.2, 0.25) is 0 Å². The number of pyridine rings is 1. The highest BCUT2D eigenvalue weighted by Gasteiger charge is 2.09. The average molecular weight is 227 g/mol. The monoisotopic (exact) mass is 227 g/mol. The minimum atomic E-state index is -0.208. The van der Waals surface area contributed by atoms with Crippen LogP contribution in [0.1, 0.15) is 0 Å². The van der Waals surface area contributed by atoms with E-state index in [2.05, 4.69) is 4.98 Å². The number of aromatic amines is 1. The number of aromatic nitrogens is 1. The van der Waals surface area contributed by atoms with Crippen LogP contribution in [0.5, 0.6) is 11.5 Å². The summed E-state index contributed by atoms with van der Waals surface area (Å²) in [4.78, 5) is 15.0. The Hall–Kier alpha value is -2.49. The first-order valence-corrected chi connectivity index (χ1v) is 5.14. The highest BCUT2D eigenvalue weighted by molar-refractivity contribution is 5.97. The quantitative estimate of drug-likeness (QED) is 0.515. The van der Waals surface area contributed by atoms with Crippen LogP contribution >= 0.6 is 0 Å². The molecule has 1 aromatic heterocycles. The second-order valence-electron chi connectivity index (χ2n) is 3.85. The summed E-state index contributed by atoms with van der Waals surface area (Å²) in [6.45, 7) is 0. The summed E-state index contributed by atoms with van der Waals surface area (Å²) in [6, 6.07) is 9.48. The minimum Gasteiger partial charge on any atom is -0.506 e. The molecule has 84 valence electrons. The molecule has 17 heavy (non-hydrogen) atoms. The lowest BCUT2D eigenvalue weighted by Crippen LogP contribution is -2.03. The van der Waals surface area contributed by atoms with Crippen molar-refractivity contribution in [2.24, 2.45) is 0 Å². The van der Waals surface area contributed by atoms with Gasteiger partial charge in [0.15, 0.2) is 5.43 Å². The molecule has 3 N–H and O–H groups in total. The molecule has 3 rings (SSSR count). The van der Waals surface area contributed by atoms with E-state index < -0.39 is 0 Å². The van der Waals surface area contributed by atoms with Crippen LogP contribution in [0.2, 0.25) is 0 Å². The van der Waals surface area contributed by atoms with E-state index in [0.29, 0.717) is 21.8 Å². The molecule has 4 heteroatoms. The zero-order valence-corrected chi connectivity index (χ0v) is 8.77. The number of fused-ring (bicyclic) bond motifs is 2. The van der Waals surface area contributed by atoms with Gasteiger partial charge in [-0.2, -0.15) is 0 Å². The van der Waals surface area contributed by atoms with Gasteiger partial charge in [-0.1, -0.05) is 12.1 Å². The molecule has 1 heterocycles. The number of benzene rings is 2. The van der Waals surface area contributed by atoms with Gasteiger partial charge in [-0.05, 0) is 24.3 Å². The Morgan fingerprint density at radius 3 is 1.76 bits per heavy atom. The van der Waals surface area contributed by atoms with Crippen LogP contribution in [0, 0.1) is 0 Å². The predicted octanol–water partition coefficient (Wildman–Crippen LogP) is 2.09. The number of hydrogen-bond donors (Lipinski definition) is 3. The van der Waals surface area contributed by atoms with Crippen molar-refractivity contribution in [1.82, 2.24) is 4.98 Å². The smallest absolute Gasteiger partial charge is 0.197 e. The normalized spacial score (nSPS) is 11.1. The Morgan fingerprint density at radius 2 is 1.29 bits per heavy atom. The van der Waals surface area contributed by atoms with Gasteiger partial charge in [-0.25, -0.2) is 0 Å². The van der Waals surface area contributed by atoms with Gasteiger partial charge in [0, 0.05) is 10.8 Å². The van der Waals surface area contributed by atoms with Gasteiger partial charge < -0.3 is 15.2 Å². The summed E-state index contributed by atoms with van der Waals surface area (Å²) in [5, 5.41) is 20.2. The van der Waals surface area contributed by atoms with Crippen molar-refractivity contribution in [1.29, 1.82) is 0 Å². The molecule has 4 nitrogen and oxygen atoms in total. The number of rotatable bonds is 0. The van der Waals surface area contributed by atoms with Crippen LogP contribution in [0.25, 0.3) is 21.8 Å². The van der Waals surface area contributed by atoms with Crippen molar-refractivity contribution < 1.29 is 10.2 Å². The number of nitrogens with one attached hydrogen (secondary N) is 1. The fourth-order valence-corrected chi connectivity index (χ4v) is 1.99. The third-order valence-corrected chi connectivity index (χ3v) is 2.82. The lowest BCUT2D eigenvalue weighted by atomic mass is 10.1. The highest BCUT2D eigenvalue weighted by atomic mass is 16.3. The topological polar surface area (TPSA) is 73.3 Å².